The Morgan fingerprint density at radius 2 is 1.70 bits per heavy atom. The monoisotopic (exact) mass is 782 g/mol. The first-order chi connectivity index (χ1) is 23.8. The number of imide groups is 4. The van der Waals surface area contributed by atoms with Crippen LogP contribution in [0.5, 0.6) is 17.2 Å². The van der Waals surface area contributed by atoms with Crippen LogP contribution in [0, 0.1) is 23.7 Å². The topological polar surface area (TPSA) is 169 Å². The van der Waals surface area contributed by atoms with Crippen LogP contribution in [-0.2, 0) is 24.6 Å². The fraction of sp³-hybridized carbons (Fsp3) is 0.286. The number of benzene rings is 3. The molecule has 3 aromatic rings. The summed E-state index contributed by atoms with van der Waals surface area (Å²) >= 11 is 16.0. The van der Waals surface area contributed by atoms with Gasteiger partial charge in [0.05, 0.1) is 52.6 Å². The number of fused-ring (bicyclic) bond motifs is 4. The largest absolute Gasteiger partial charge is 0.503 e. The second-order valence-electron chi connectivity index (χ2n) is 12.6. The van der Waals surface area contributed by atoms with Crippen LogP contribution < -0.4 is 20.6 Å². The van der Waals surface area contributed by atoms with Gasteiger partial charge in [-0.15, -0.1) is 0 Å². The SMILES string of the molecule is COc1ccc([C@@]23C(=O)N(Nc4ccc(Cl)cc4Cl)C(=O)[C@@H]2C[C@@H]2C(=CC[C@@H]4C(=O)N(C(N)=O)C(=O)[C@@H]42)[C@@H]3c2cc(Br)c(O)c(OC)c2)cc1. The Morgan fingerprint density at radius 3 is 2.34 bits per heavy atom. The molecule has 258 valence electrons. The molecule has 0 spiro atoms. The van der Waals surface area contributed by atoms with Crippen LogP contribution in [0.4, 0.5) is 10.5 Å². The van der Waals surface area contributed by atoms with Gasteiger partial charge in [-0.2, -0.15) is 9.91 Å². The summed E-state index contributed by atoms with van der Waals surface area (Å²) in [5, 5.41) is 12.3. The number of nitrogens with zero attached hydrogens (tertiary/aromatic N) is 2. The summed E-state index contributed by atoms with van der Waals surface area (Å²) in [4.78, 5) is 70.0. The summed E-state index contributed by atoms with van der Waals surface area (Å²) in [6.45, 7) is 0. The zero-order valence-electron chi connectivity index (χ0n) is 26.5. The van der Waals surface area contributed by atoms with E-state index in [1.54, 1.807) is 48.5 Å². The van der Waals surface area contributed by atoms with Gasteiger partial charge in [-0.25, -0.2) is 4.79 Å². The molecule has 15 heteroatoms. The average molecular weight is 784 g/mol. The third-order valence-corrected chi connectivity index (χ3v) is 11.6. The standard InChI is InChI=1S/C35H29BrCl2N4O8/c1-49-18-6-3-16(4-7-18)35-22(31(45)42(33(35)47)40-25-10-5-17(37)13-24(25)38)14-21-19(28(35)15-11-23(36)29(43)26(12-15)50-2)8-9-20-27(21)32(46)41(30(20)44)34(39)48/h3-8,10-13,20-22,27-28,40,43H,9,14H2,1-2H3,(H2,39,48)/t20-,21+,22-,27-,28-,35+/m0/s1. The molecule has 4 N–H and O–H groups in total. The summed E-state index contributed by atoms with van der Waals surface area (Å²) in [6, 6.07) is 13.5. The van der Waals surface area contributed by atoms with Crippen molar-refractivity contribution >= 4 is 74.5 Å². The highest BCUT2D eigenvalue weighted by molar-refractivity contribution is 9.10. The van der Waals surface area contributed by atoms with Gasteiger partial charge < -0.3 is 20.3 Å². The van der Waals surface area contributed by atoms with Crippen LogP contribution in [0.25, 0.3) is 0 Å². The first-order valence-electron chi connectivity index (χ1n) is 15.5. The molecule has 1 saturated carbocycles. The van der Waals surface area contributed by atoms with Crippen LogP contribution in [0.2, 0.25) is 10.0 Å². The maximum absolute atomic E-state index is 15.3. The van der Waals surface area contributed by atoms with Crippen molar-refractivity contribution in [2.24, 2.45) is 29.4 Å². The first kappa shape index (κ1) is 33.9. The predicted molar refractivity (Wildman–Crippen MR) is 184 cm³/mol. The van der Waals surface area contributed by atoms with Crippen molar-refractivity contribution in [1.29, 1.82) is 0 Å². The summed E-state index contributed by atoms with van der Waals surface area (Å²) in [5.41, 5.74) is 8.61. The molecule has 0 unspecified atom stereocenters. The summed E-state index contributed by atoms with van der Waals surface area (Å²) in [5.74, 6) is -6.90. The highest BCUT2D eigenvalue weighted by atomic mass is 79.9. The Balaban J connectivity index is 1.50. The van der Waals surface area contributed by atoms with Crippen molar-refractivity contribution in [3.05, 3.63) is 91.9 Å². The van der Waals surface area contributed by atoms with Crippen LogP contribution in [0.3, 0.4) is 0 Å². The number of hydrazine groups is 1. The molecule has 2 heterocycles. The number of likely N-dealkylation sites (tertiary alicyclic amines) is 1. The van der Waals surface area contributed by atoms with E-state index in [2.05, 4.69) is 21.4 Å². The van der Waals surface area contributed by atoms with E-state index >= 15 is 4.79 Å². The number of amides is 6. The number of nitrogens with one attached hydrogen (secondary N) is 1. The van der Waals surface area contributed by atoms with Crippen LogP contribution in [0.1, 0.15) is 29.9 Å². The molecule has 12 nitrogen and oxygen atoms in total. The predicted octanol–water partition coefficient (Wildman–Crippen LogP) is 5.54. The highest BCUT2D eigenvalue weighted by Gasteiger charge is 2.70. The molecular weight excluding hydrogens is 755 g/mol. The van der Waals surface area contributed by atoms with E-state index < -0.39 is 64.7 Å². The number of primary amides is 1. The lowest BCUT2D eigenvalue weighted by molar-refractivity contribution is -0.139. The third kappa shape index (κ3) is 4.81. The quantitative estimate of drug-likeness (QED) is 0.215. The van der Waals surface area contributed by atoms with Crippen molar-refractivity contribution < 1.29 is 38.6 Å². The lowest BCUT2D eigenvalue weighted by Crippen LogP contribution is -2.53. The van der Waals surface area contributed by atoms with Crippen molar-refractivity contribution in [3.8, 4) is 17.2 Å². The summed E-state index contributed by atoms with van der Waals surface area (Å²) in [7, 11) is 2.89. The average Bonchev–Trinajstić information content (AvgIpc) is 3.48. The number of carbonyl (C=O) groups excluding carboxylic acids is 5. The summed E-state index contributed by atoms with van der Waals surface area (Å²) < 4.78 is 11.2. The Hall–Kier alpha value is -4.59. The zero-order chi connectivity index (χ0) is 35.8. The Labute approximate surface area is 304 Å². The lowest BCUT2D eigenvalue weighted by atomic mass is 9.49. The first-order valence-corrected chi connectivity index (χ1v) is 17.1. The molecule has 2 aliphatic heterocycles. The Morgan fingerprint density at radius 1 is 0.980 bits per heavy atom. The van der Waals surface area contributed by atoms with E-state index in [0.717, 1.165) is 5.01 Å². The molecule has 4 aliphatic rings. The fourth-order valence-electron chi connectivity index (χ4n) is 8.35. The number of phenolic OH excluding ortho intramolecular Hbond substituents is 1. The Bertz CT molecular complexity index is 2040. The van der Waals surface area contributed by atoms with Gasteiger partial charge in [0, 0.05) is 10.9 Å². The molecule has 3 aromatic carbocycles. The van der Waals surface area contributed by atoms with Gasteiger partial charge >= 0.3 is 6.03 Å². The van der Waals surface area contributed by atoms with E-state index in [0.29, 0.717) is 32.4 Å². The van der Waals surface area contributed by atoms with E-state index in [4.69, 9.17) is 38.4 Å². The van der Waals surface area contributed by atoms with Crippen molar-refractivity contribution in [3.63, 3.8) is 0 Å². The number of carbonyl (C=O) groups is 5. The van der Waals surface area contributed by atoms with Gasteiger partial charge in [-0.05, 0) is 88.3 Å². The number of urea groups is 1. The number of hydrogen-bond donors (Lipinski definition) is 3. The number of allylic oxidation sites excluding steroid dienone is 2. The van der Waals surface area contributed by atoms with Crippen molar-refractivity contribution in [2.75, 3.05) is 19.6 Å². The number of ether oxygens (including phenoxy) is 2. The minimum Gasteiger partial charge on any atom is -0.503 e. The molecule has 2 aliphatic carbocycles. The number of nitrogens with two attached hydrogens (primary N) is 1. The molecule has 7 rings (SSSR count). The van der Waals surface area contributed by atoms with Gasteiger partial charge in [0.15, 0.2) is 11.5 Å². The Kier molecular flexibility index (Phi) is 8.35. The van der Waals surface area contributed by atoms with E-state index in [9.17, 15) is 24.3 Å². The van der Waals surface area contributed by atoms with Gasteiger partial charge in [0.1, 0.15) is 5.75 Å². The maximum Gasteiger partial charge on any atom is 0.328 e. The number of rotatable bonds is 6. The van der Waals surface area contributed by atoms with Gasteiger partial charge in [0.2, 0.25) is 11.8 Å². The van der Waals surface area contributed by atoms with E-state index in [1.165, 1.54) is 20.3 Å². The molecule has 6 atom stereocenters. The van der Waals surface area contributed by atoms with Crippen LogP contribution >= 0.6 is 39.1 Å². The molecule has 0 radical (unpaired) electrons. The van der Waals surface area contributed by atoms with Crippen molar-refractivity contribution in [2.45, 2.75) is 24.2 Å². The minimum absolute atomic E-state index is 0.0192. The van der Waals surface area contributed by atoms with Crippen LogP contribution in [-0.4, -0.2) is 58.9 Å². The number of hydrogen-bond acceptors (Lipinski definition) is 9. The maximum atomic E-state index is 15.3. The number of aromatic hydroxyl groups is 1. The van der Waals surface area contributed by atoms with E-state index in [-0.39, 0.29) is 39.5 Å². The number of halogens is 3. The molecule has 3 fully saturated rings. The fourth-order valence-corrected chi connectivity index (χ4v) is 9.26. The van der Waals surface area contributed by atoms with E-state index in [1.807, 2.05) is 6.08 Å². The number of methoxy groups -OCH3 is 2. The highest BCUT2D eigenvalue weighted by Crippen LogP contribution is 2.64. The smallest absolute Gasteiger partial charge is 0.328 e. The van der Waals surface area contributed by atoms with Crippen LogP contribution in [0.15, 0.2) is 70.7 Å². The molecule has 0 aromatic heterocycles. The summed E-state index contributed by atoms with van der Waals surface area (Å²) in [6.07, 6.45) is 1.89. The zero-order valence-corrected chi connectivity index (χ0v) is 29.6. The normalized spacial score (nSPS) is 27.1. The molecule has 2 saturated heterocycles. The second-order valence-corrected chi connectivity index (χ2v) is 14.3. The molecule has 50 heavy (non-hydrogen) atoms. The van der Waals surface area contributed by atoms with Gasteiger partial charge in [-0.3, -0.25) is 24.6 Å². The third-order valence-electron chi connectivity index (χ3n) is 10.4. The molecule has 0 bridgehead atoms. The van der Waals surface area contributed by atoms with Gasteiger partial charge in [-0.1, -0.05) is 47.0 Å². The molecule has 6 amide bonds. The number of phenols is 1. The minimum atomic E-state index is -1.64. The lowest BCUT2D eigenvalue weighted by Gasteiger charge is -2.50. The number of anilines is 1. The van der Waals surface area contributed by atoms with Gasteiger partial charge in [0.25, 0.3) is 11.8 Å². The molecular formula is C35H29BrCl2N4O8. The van der Waals surface area contributed by atoms with Crippen molar-refractivity contribution in [1.82, 2.24) is 9.91 Å². The second kappa shape index (κ2) is 12.3.